The van der Waals surface area contributed by atoms with Crippen molar-refractivity contribution in [1.29, 1.82) is 0 Å². The number of hydrazone groups is 1. The van der Waals surface area contributed by atoms with E-state index in [1.54, 1.807) is 36.4 Å². The van der Waals surface area contributed by atoms with E-state index in [1.807, 2.05) is 0 Å². The van der Waals surface area contributed by atoms with E-state index in [0.717, 1.165) is 0 Å². The molecule has 0 aromatic heterocycles. The van der Waals surface area contributed by atoms with Crippen molar-refractivity contribution in [3.63, 3.8) is 0 Å². The number of nitrogens with one attached hydrogen (secondary N) is 1. The number of rotatable bonds is 8. The number of benzene rings is 3. The Labute approximate surface area is 179 Å². The largest absolute Gasteiger partial charge is 0.493 e. The summed E-state index contributed by atoms with van der Waals surface area (Å²) < 4.78 is 49.1. The van der Waals surface area contributed by atoms with E-state index in [-0.39, 0.29) is 17.3 Å². The van der Waals surface area contributed by atoms with Crippen molar-refractivity contribution in [2.45, 2.75) is 11.5 Å². The predicted molar refractivity (Wildman–Crippen MR) is 113 cm³/mol. The molecular weight excluding hydrogens is 431 g/mol. The Morgan fingerprint density at radius 2 is 1.80 bits per heavy atom. The third-order valence-corrected chi connectivity index (χ3v) is 5.53. The van der Waals surface area contributed by atoms with Gasteiger partial charge in [0.15, 0.2) is 11.5 Å². The highest BCUT2D eigenvalue weighted by atomic mass is 35.5. The molecule has 3 aromatic carbocycles. The number of hydrogen-bond acceptors (Lipinski definition) is 5. The summed E-state index contributed by atoms with van der Waals surface area (Å²) in [5, 5.41) is 4.21. The molecule has 0 amide bonds. The fourth-order valence-corrected chi connectivity index (χ4v) is 3.41. The summed E-state index contributed by atoms with van der Waals surface area (Å²) in [4.78, 5) is 2.17. The van der Waals surface area contributed by atoms with Crippen molar-refractivity contribution in [3.8, 4) is 11.5 Å². The fraction of sp³-hybridized carbons (Fsp3) is 0.0952. The summed E-state index contributed by atoms with van der Waals surface area (Å²) in [5.41, 5.74) is 0.991. The second-order valence-electron chi connectivity index (χ2n) is 6.10. The molecule has 0 spiro atoms. The number of methoxy groups -OCH3 is 1. The van der Waals surface area contributed by atoms with Crippen LogP contribution < -0.4 is 14.3 Å². The van der Waals surface area contributed by atoms with E-state index in [4.69, 9.17) is 21.1 Å². The molecule has 0 saturated carbocycles. The maximum atomic E-state index is 13.7. The SMILES string of the molecule is COc1cc(/C=N/NS(=O)(=O)c2ccc(Cl)cc2)ccc1OCc1ccccc1F. The molecule has 0 aliphatic heterocycles. The van der Waals surface area contributed by atoms with Gasteiger partial charge in [0.05, 0.1) is 18.2 Å². The van der Waals surface area contributed by atoms with Crippen LogP contribution in [0.3, 0.4) is 0 Å². The highest BCUT2D eigenvalue weighted by molar-refractivity contribution is 7.89. The first-order valence-corrected chi connectivity index (χ1v) is 10.6. The zero-order valence-electron chi connectivity index (χ0n) is 15.9. The van der Waals surface area contributed by atoms with Gasteiger partial charge in [-0.1, -0.05) is 29.8 Å². The van der Waals surface area contributed by atoms with Crippen molar-refractivity contribution in [2.24, 2.45) is 5.10 Å². The van der Waals surface area contributed by atoms with Gasteiger partial charge in [-0.3, -0.25) is 0 Å². The zero-order chi connectivity index (χ0) is 21.6. The van der Waals surface area contributed by atoms with Gasteiger partial charge in [0.2, 0.25) is 0 Å². The van der Waals surface area contributed by atoms with E-state index in [0.29, 0.717) is 27.6 Å². The van der Waals surface area contributed by atoms with Crippen LogP contribution in [-0.4, -0.2) is 21.7 Å². The fourth-order valence-electron chi connectivity index (χ4n) is 2.49. The molecule has 3 rings (SSSR count). The number of sulfonamides is 1. The van der Waals surface area contributed by atoms with Gasteiger partial charge < -0.3 is 9.47 Å². The summed E-state index contributed by atoms with van der Waals surface area (Å²) in [5.74, 6) is 0.462. The molecule has 0 atom stereocenters. The number of nitrogens with zero attached hydrogens (tertiary/aromatic N) is 1. The summed E-state index contributed by atoms with van der Waals surface area (Å²) in [6.07, 6.45) is 1.33. The van der Waals surface area contributed by atoms with Crippen LogP contribution in [-0.2, 0) is 16.6 Å². The van der Waals surface area contributed by atoms with E-state index in [1.165, 1.54) is 43.7 Å². The Bertz CT molecular complexity index is 1150. The van der Waals surface area contributed by atoms with Gasteiger partial charge in [0.25, 0.3) is 10.0 Å². The normalized spacial score (nSPS) is 11.4. The highest BCUT2D eigenvalue weighted by Crippen LogP contribution is 2.28. The van der Waals surface area contributed by atoms with Gasteiger partial charge in [-0.15, -0.1) is 0 Å². The van der Waals surface area contributed by atoms with Gasteiger partial charge in [-0.2, -0.15) is 13.5 Å². The van der Waals surface area contributed by atoms with Gasteiger partial charge in [0, 0.05) is 10.6 Å². The second kappa shape index (κ2) is 9.60. The van der Waals surface area contributed by atoms with E-state index < -0.39 is 10.0 Å². The molecule has 0 bridgehead atoms. The Hall–Kier alpha value is -3.10. The lowest BCUT2D eigenvalue weighted by Crippen LogP contribution is -2.18. The van der Waals surface area contributed by atoms with Crippen molar-refractivity contribution in [2.75, 3.05) is 7.11 Å². The van der Waals surface area contributed by atoms with Crippen LogP contribution >= 0.6 is 11.6 Å². The Balaban J connectivity index is 1.68. The molecule has 0 aliphatic carbocycles. The van der Waals surface area contributed by atoms with E-state index in [9.17, 15) is 12.8 Å². The first-order valence-electron chi connectivity index (χ1n) is 8.74. The third kappa shape index (κ3) is 5.49. The van der Waals surface area contributed by atoms with E-state index >= 15 is 0 Å². The van der Waals surface area contributed by atoms with Crippen molar-refractivity contribution < 1.29 is 22.3 Å². The van der Waals surface area contributed by atoms with Gasteiger partial charge >= 0.3 is 0 Å². The maximum Gasteiger partial charge on any atom is 0.276 e. The minimum absolute atomic E-state index is 0.0390. The number of ether oxygens (including phenoxy) is 2. The zero-order valence-corrected chi connectivity index (χ0v) is 17.5. The predicted octanol–water partition coefficient (Wildman–Crippen LogP) is 4.38. The van der Waals surface area contributed by atoms with Gasteiger partial charge in [-0.25, -0.2) is 9.22 Å². The maximum absolute atomic E-state index is 13.7. The average Bonchev–Trinajstić information content (AvgIpc) is 2.74. The topological polar surface area (TPSA) is 77.0 Å². The molecule has 0 radical (unpaired) electrons. The van der Waals surface area contributed by atoms with Crippen molar-refractivity contribution >= 4 is 27.8 Å². The minimum atomic E-state index is -3.81. The molecule has 3 aromatic rings. The molecule has 0 heterocycles. The quantitative estimate of drug-likeness (QED) is 0.410. The van der Waals surface area contributed by atoms with E-state index in [2.05, 4.69) is 9.93 Å². The summed E-state index contributed by atoms with van der Waals surface area (Å²) in [6.45, 7) is 0.0390. The van der Waals surface area contributed by atoms with Crippen LogP contribution in [0.2, 0.25) is 5.02 Å². The summed E-state index contributed by atoms with van der Waals surface area (Å²) in [7, 11) is -2.34. The Morgan fingerprint density at radius 1 is 1.07 bits per heavy atom. The lowest BCUT2D eigenvalue weighted by molar-refractivity contribution is 0.279. The smallest absolute Gasteiger partial charge is 0.276 e. The summed E-state index contributed by atoms with van der Waals surface area (Å²) >= 11 is 5.77. The monoisotopic (exact) mass is 448 g/mol. The molecule has 6 nitrogen and oxygen atoms in total. The molecule has 9 heteroatoms. The molecule has 156 valence electrons. The van der Waals surface area contributed by atoms with Crippen LogP contribution in [0.5, 0.6) is 11.5 Å². The molecule has 0 unspecified atom stereocenters. The van der Waals surface area contributed by atoms with Crippen LogP contribution in [0.1, 0.15) is 11.1 Å². The number of halogens is 2. The van der Waals surface area contributed by atoms with Crippen molar-refractivity contribution in [1.82, 2.24) is 4.83 Å². The van der Waals surface area contributed by atoms with Gasteiger partial charge in [-0.05, 0) is 54.1 Å². The van der Waals surface area contributed by atoms with Gasteiger partial charge in [0.1, 0.15) is 12.4 Å². The molecular formula is C21H18ClFN2O4S. The molecule has 0 saturated heterocycles. The van der Waals surface area contributed by atoms with Crippen LogP contribution in [0, 0.1) is 5.82 Å². The van der Waals surface area contributed by atoms with Crippen LogP contribution in [0.15, 0.2) is 76.7 Å². The van der Waals surface area contributed by atoms with Crippen LogP contribution in [0.25, 0.3) is 0 Å². The lowest BCUT2D eigenvalue weighted by atomic mass is 10.2. The van der Waals surface area contributed by atoms with Crippen molar-refractivity contribution in [3.05, 3.63) is 88.7 Å². The first kappa shape index (κ1) is 21.6. The molecule has 30 heavy (non-hydrogen) atoms. The molecule has 1 N–H and O–H groups in total. The standard InChI is InChI=1S/C21H18ClFN2O4S/c1-28-21-12-15(6-11-20(21)29-14-16-4-2-3-5-19(16)23)13-24-25-30(26,27)18-9-7-17(22)8-10-18/h2-13,25H,14H2,1H3/b24-13+. The first-order chi connectivity index (χ1) is 14.4. The minimum Gasteiger partial charge on any atom is -0.493 e. The third-order valence-electron chi connectivity index (χ3n) is 4.04. The summed E-state index contributed by atoms with van der Waals surface area (Å²) in [6, 6.07) is 17.0. The highest BCUT2D eigenvalue weighted by Gasteiger charge is 2.12. The van der Waals surface area contributed by atoms with Crippen LogP contribution in [0.4, 0.5) is 4.39 Å². The molecule has 0 aliphatic rings. The average molecular weight is 449 g/mol. The second-order valence-corrected chi connectivity index (χ2v) is 8.19. The lowest BCUT2D eigenvalue weighted by Gasteiger charge is -2.11. The number of hydrogen-bond donors (Lipinski definition) is 1. The Morgan fingerprint density at radius 3 is 2.50 bits per heavy atom. The molecule has 0 fully saturated rings. The Kier molecular flexibility index (Phi) is 6.91.